The summed E-state index contributed by atoms with van der Waals surface area (Å²) in [7, 11) is 1.66. The number of carboxylic acids is 1. The highest BCUT2D eigenvalue weighted by atomic mass is 32.2. The van der Waals surface area contributed by atoms with E-state index in [-0.39, 0.29) is 11.9 Å². The van der Waals surface area contributed by atoms with Crippen LogP contribution in [-0.4, -0.2) is 47.0 Å². The van der Waals surface area contributed by atoms with Gasteiger partial charge >= 0.3 is 5.97 Å². The standard InChI is InChI=1S/C11H21NO3S/c1-8(6-7-16-5)12(4)9(13)11(2,3)10(14)15/h8H,6-7H2,1-5H3,(H,14,15). The molecule has 0 heterocycles. The summed E-state index contributed by atoms with van der Waals surface area (Å²) in [6.07, 6.45) is 2.88. The minimum atomic E-state index is -1.34. The van der Waals surface area contributed by atoms with Crippen molar-refractivity contribution in [3.05, 3.63) is 0 Å². The summed E-state index contributed by atoms with van der Waals surface area (Å²) in [5.41, 5.74) is -1.34. The zero-order chi connectivity index (χ0) is 12.9. The lowest BCUT2D eigenvalue weighted by Crippen LogP contribution is -2.47. The maximum Gasteiger partial charge on any atom is 0.318 e. The van der Waals surface area contributed by atoms with Crippen molar-refractivity contribution in [2.45, 2.75) is 33.2 Å². The Morgan fingerprint density at radius 1 is 1.44 bits per heavy atom. The Morgan fingerprint density at radius 2 is 1.94 bits per heavy atom. The molecule has 1 amide bonds. The summed E-state index contributed by atoms with van der Waals surface area (Å²) in [6.45, 7) is 4.82. The van der Waals surface area contributed by atoms with Gasteiger partial charge in [0.1, 0.15) is 5.41 Å². The van der Waals surface area contributed by atoms with Gasteiger partial charge in [-0.15, -0.1) is 0 Å². The molecule has 5 heteroatoms. The summed E-state index contributed by atoms with van der Waals surface area (Å²) in [5.74, 6) is -0.457. The summed E-state index contributed by atoms with van der Waals surface area (Å²) in [5, 5.41) is 8.97. The van der Waals surface area contributed by atoms with Crippen LogP contribution in [0.25, 0.3) is 0 Å². The second kappa shape index (κ2) is 6.13. The van der Waals surface area contributed by atoms with Gasteiger partial charge in [0.05, 0.1) is 0 Å². The van der Waals surface area contributed by atoms with E-state index >= 15 is 0 Å². The van der Waals surface area contributed by atoms with Crippen molar-refractivity contribution in [2.24, 2.45) is 5.41 Å². The average molecular weight is 247 g/mol. The number of thioether (sulfide) groups is 1. The molecule has 0 bridgehead atoms. The van der Waals surface area contributed by atoms with Gasteiger partial charge in [-0.1, -0.05) is 0 Å². The Bertz CT molecular complexity index is 266. The molecule has 0 radical (unpaired) electrons. The molecule has 1 atom stereocenters. The number of hydrogen-bond donors (Lipinski definition) is 1. The minimum absolute atomic E-state index is 0.0681. The largest absolute Gasteiger partial charge is 0.480 e. The van der Waals surface area contributed by atoms with Crippen molar-refractivity contribution < 1.29 is 14.7 Å². The number of aliphatic carboxylic acids is 1. The predicted molar refractivity (Wildman–Crippen MR) is 66.6 cm³/mol. The molecular formula is C11H21NO3S. The highest BCUT2D eigenvalue weighted by Gasteiger charge is 2.39. The van der Waals surface area contributed by atoms with Gasteiger partial charge < -0.3 is 10.0 Å². The SMILES string of the molecule is CSCCC(C)N(C)C(=O)C(C)(C)C(=O)O. The normalized spacial score (nSPS) is 13.3. The third-order valence-electron chi connectivity index (χ3n) is 2.79. The fourth-order valence-electron chi connectivity index (χ4n) is 1.21. The maximum atomic E-state index is 11.9. The smallest absolute Gasteiger partial charge is 0.318 e. The summed E-state index contributed by atoms with van der Waals surface area (Å²) < 4.78 is 0. The average Bonchev–Trinajstić information content (AvgIpc) is 2.23. The molecule has 1 unspecified atom stereocenters. The van der Waals surface area contributed by atoms with Crippen LogP contribution in [0.1, 0.15) is 27.2 Å². The summed E-state index contributed by atoms with van der Waals surface area (Å²) in [6, 6.07) is 0.0681. The second-order valence-electron chi connectivity index (χ2n) is 4.48. The lowest BCUT2D eigenvalue weighted by atomic mass is 9.91. The maximum absolute atomic E-state index is 11.9. The molecule has 0 saturated heterocycles. The van der Waals surface area contributed by atoms with Gasteiger partial charge in [-0.25, -0.2) is 0 Å². The topological polar surface area (TPSA) is 57.6 Å². The van der Waals surface area contributed by atoms with E-state index in [4.69, 9.17) is 5.11 Å². The Balaban J connectivity index is 4.54. The third kappa shape index (κ3) is 3.70. The Kier molecular flexibility index (Phi) is 5.86. The molecule has 16 heavy (non-hydrogen) atoms. The lowest BCUT2D eigenvalue weighted by Gasteiger charge is -2.30. The molecule has 0 rings (SSSR count). The van der Waals surface area contributed by atoms with Gasteiger partial charge in [0.15, 0.2) is 0 Å². The highest BCUT2D eigenvalue weighted by Crippen LogP contribution is 2.20. The fraction of sp³-hybridized carbons (Fsp3) is 0.818. The van der Waals surface area contributed by atoms with Crippen LogP contribution in [0.5, 0.6) is 0 Å². The Hall–Kier alpha value is -0.710. The summed E-state index contributed by atoms with van der Waals surface area (Å²) in [4.78, 5) is 24.4. The van der Waals surface area contributed by atoms with Crippen LogP contribution in [0, 0.1) is 5.41 Å². The van der Waals surface area contributed by atoms with Gasteiger partial charge in [-0.3, -0.25) is 9.59 Å². The first-order valence-corrected chi connectivity index (χ1v) is 6.64. The monoisotopic (exact) mass is 247 g/mol. The van der Waals surface area contributed by atoms with Crippen molar-refractivity contribution in [1.82, 2.24) is 4.90 Å². The zero-order valence-corrected chi connectivity index (χ0v) is 11.4. The first-order valence-electron chi connectivity index (χ1n) is 5.24. The van der Waals surface area contributed by atoms with E-state index < -0.39 is 11.4 Å². The van der Waals surface area contributed by atoms with E-state index in [2.05, 4.69) is 0 Å². The molecule has 0 aromatic carbocycles. The number of carbonyl (C=O) groups excluding carboxylic acids is 1. The first-order chi connectivity index (χ1) is 7.25. The minimum Gasteiger partial charge on any atom is -0.480 e. The molecule has 0 aliphatic heterocycles. The van der Waals surface area contributed by atoms with E-state index in [1.807, 2.05) is 13.2 Å². The molecular weight excluding hydrogens is 226 g/mol. The van der Waals surface area contributed by atoms with Gasteiger partial charge in [0.25, 0.3) is 0 Å². The van der Waals surface area contributed by atoms with Crippen molar-refractivity contribution in [3.8, 4) is 0 Å². The van der Waals surface area contributed by atoms with Gasteiger partial charge in [0.2, 0.25) is 5.91 Å². The van der Waals surface area contributed by atoms with Crippen molar-refractivity contribution >= 4 is 23.6 Å². The number of nitrogens with zero attached hydrogens (tertiary/aromatic N) is 1. The van der Waals surface area contributed by atoms with Crippen LogP contribution in [0.2, 0.25) is 0 Å². The Morgan fingerprint density at radius 3 is 2.31 bits per heavy atom. The number of carbonyl (C=O) groups is 2. The second-order valence-corrected chi connectivity index (χ2v) is 5.46. The number of rotatable bonds is 6. The van der Waals surface area contributed by atoms with Crippen LogP contribution in [0.4, 0.5) is 0 Å². The van der Waals surface area contributed by atoms with Crippen LogP contribution < -0.4 is 0 Å². The lowest BCUT2D eigenvalue weighted by molar-refractivity contribution is -0.158. The van der Waals surface area contributed by atoms with Gasteiger partial charge in [0, 0.05) is 13.1 Å². The molecule has 0 aliphatic rings. The van der Waals surface area contributed by atoms with E-state index in [1.54, 1.807) is 18.8 Å². The molecule has 0 aromatic heterocycles. The number of hydrogen-bond acceptors (Lipinski definition) is 3. The molecule has 0 saturated carbocycles. The van der Waals surface area contributed by atoms with Crippen LogP contribution in [0.15, 0.2) is 0 Å². The van der Waals surface area contributed by atoms with Gasteiger partial charge in [-0.2, -0.15) is 11.8 Å². The molecule has 0 aliphatic carbocycles. The molecule has 0 fully saturated rings. The first kappa shape index (κ1) is 15.3. The molecule has 0 spiro atoms. The van der Waals surface area contributed by atoms with E-state index in [0.29, 0.717) is 0 Å². The fourth-order valence-corrected chi connectivity index (χ4v) is 1.79. The van der Waals surface area contributed by atoms with Crippen molar-refractivity contribution in [1.29, 1.82) is 0 Å². The van der Waals surface area contributed by atoms with Crippen molar-refractivity contribution in [3.63, 3.8) is 0 Å². The quantitative estimate of drug-likeness (QED) is 0.726. The summed E-state index contributed by atoms with van der Waals surface area (Å²) >= 11 is 1.72. The Labute approximate surface area is 101 Å². The zero-order valence-electron chi connectivity index (χ0n) is 10.6. The number of carboxylic acid groups (broad SMARTS) is 1. The number of amides is 1. The van der Waals surface area contributed by atoms with Crippen LogP contribution >= 0.6 is 11.8 Å². The predicted octanol–water partition coefficient (Wildman–Crippen LogP) is 1.70. The molecule has 4 nitrogen and oxygen atoms in total. The van der Waals surface area contributed by atoms with Crippen molar-refractivity contribution in [2.75, 3.05) is 19.1 Å². The molecule has 94 valence electrons. The third-order valence-corrected chi connectivity index (χ3v) is 3.43. The van der Waals surface area contributed by atoms with Crippen LogP contribution in [0.3, 0.4) is 0 Å². The molecule has 1 N–H and O–H groups in total. The molecule has 0 aromatic rings. The highest BCUT2D eigenvalue weighted by molar-refractivity contribution is 7.98. The van der Waals surface area contributed by atoms with E-state index in [9.17, 15) is 9.59 Å². The van der Waals surface area contributed by atoms with Gasteiger partial charge in [-0.05, 0) is 39.2 Å². The van der Waals surface area contributed by atoms with E-state index in [0.717, 1.165) is 12.2 Å². The van der Waals surface area contributed by atoms with E-state index in [1.165, 1.54) is 18.7 Å². The van der Waals surface area contributed by atoms with Crippen LogP contribution in [-0.2, 0) is 9.59 Å².